The average molecular weight is 585 g/mol. The number of aryl methyl sites for hydroxylation is 1. The number of alkyl carbamates (subject to hydrolysis) is 1. The number of carbonyl (C=O) groups is 3. The van der Waals surface area contributed by atoms with Crippen molar-refractivity contribution in [1.29, 1.82) is 5.26 Å². The van der Waals surface area contributed by atoms with Crippen LogP contribution in [0.25, 0.3) is 0 Å². The molecule has 13 heteroatoms. The predicted octanol–water partition coefficient (Wildman–Crippen LogP) is 2.19. The molecule has 2 aliphatic carbocycles. The lowest BCUT2D eigenvalue weighted by atomic mass is 10.1. The lowest BCUT2D eigenvalue weighted by Gasteiger charge is -2.39. The third kappa shape index (κ3) is 5.39. The molecular weight excluding hydrogens is 548 g/mol. The minimum Gasteiger partial charge on any atom is -0.444 e. The van der Waals surface area contributed by atoms with E-state index in [1.807, 2.05) is 28.0 Å². The van der Waals surface area contributed by atoms with E-state index in [4.69, 9.17) is 15.0 Å². The number of piperidine rings is 1. The fourth-order valence-electron chi connectivity index (χ4n) is 7.21. The molecular formula is C28H36N6O6S. The zero-order valence-corrected chi connectivity index (χ0v) is 24.3. The van der Waals surface area contributed by atoms with Crippen molar-refractivity contribution in [2.24, 2.45) is 11.8 Å². The highest BCUT2D eigenvalue weighted by molar-refractivity contribution is 7.94. The average Bonchev–Trinajstić information content (AvgIpc) is 3.24. The summed E-state index contributed by atoms with van der Waals surface area (Å²) in [5, 5.41) is 12.4. The highest BCUT2D eigenvalue weighted by Crippen LogP contribution is 2.48. The van der Waals surface area contributed by atoms with Crippen molar-refractivity contribution < 1.29 is 28.4 Å². The van der Waals surface area contributed by atoms with Crippen LogP contribution < -0.4 is 11.2 Å². The summed E-state index contributed by atoms with van der Waals surface area (Å²) in [6.07, 6.45) is 3.27. The third-order valence-electron chi connectivity index (χ3n) is 8.89. The summed E-state index contributed by atoms with van der Waals surface area (Å²) in [5.74, 6) is 5.08. The molecule has 1 aromatic rings. The molecule has 3 amide bonds. The highest BCUT2D eigenvalue weighted by Gasteiger charge is 2.57. The maximum atomic E-state index is 13.8. The lowest BCUT2D eigenvalue weighted by Crippen LogP contribution is -2.59. The number of nitriles is 1. The molecule has 3 N–H and O–H groups in total. The minimum absolute atomic E-state index is 0.00507. The van der Waals surface area contributed by atoms with Gasteiger partial charge in [-0.2, -0.15) is 11.2 Å². The minimum atomic E-state index is -0.913. The van der Waals surface area contributed by atoms with E-state index in [9.17, 15) is 19.6 Å². The first-order valence-electron chi connectivity index (χ1n) is 14.2. The van der Waals surface area contributed by atoms with E-state index in [-0.39, 0.29) is 42.5 Å². The standard InChI is InChI=1S/C28H36N6O6S/c1-28(2,3)38-27(37)31-21(25(35)33-17(12-29)8-16-10-23(16)33)14-32-13-18-11-24(32)26(36)34(18)22-7-4-15-9-19(41-40-39-30)5-6-20(15)22/h5-6,9,16-18,21-24H,4,7-8,10-11,13-14,30H2,1-3H3,(H,31,37)/t16-,17+,18+,21+,22-,23+,24+/m1/s1. The summed E-state index contributed by atoms with van der Waals surface area (Å²) in [4.78, 5) is 51.1. The number of fused-ring (bicyclic) bond motifs is 4. The van der Waals surface area contributed by atoms with Gasteiger partial charge in [-0.3, -0.25) is 14.5 Å². The molecule has 6 rings (SSSR count). The van der Waals surface area contributed by atoms with Crippen molar-refractivity contribution in [3.05, 3.63) is 29.3 Å². The van der Waals surface area contributed by atoms with Crippen molar-refractivity contribution in [2.45, 2.75) is 99.6 Å². The normalized spacial score (nSPS) is 30.7. The topological polar surface area (TPSA) is 150 Å². The van der Waals surface area contributed by atoms with Crippen LogP contribution in [0.15, 0.2) is 23.1 Å². The molecule has 1 saturated carbocycles. The fraction of sp³-hybridized carbons (Fsp3) is 0.643. The Bertz CT molecular complexity index is 1280. The van der Waals surface area contributed by atoms with Gasteiger partial charge in [-0.05, 0) is 82.1 Å². The summed E-state index contributed by atoms with van der Waals surface area (Å²) in [6.45, 7) is 6.10. The summed E-state index contributed by atoms with van der Waals surface area (Å²) in [5.41, 5.74) is 1.59. The molecule has 12 nitrogen and oxygen atoms in total. The molecule has 0 radical (unpaired) electrons. The van der Waals surface area contributed by atoms with Gasteiger partial charge in [0.05, 0.1) is 30.2 Å². The van der Waals surface area contributed by atoms with Crippen molar-refractivity contribution in [3.63, 3.8) is 0 Å². The van der Waals surface area contributed by atoms with E-state index in [2.05, 4.69) is 16.4 Å². The number of amides is 3. The molecule has 0 aromatic heterocycles. The number of hydrogen-bond acceptors (Lipinski definition) is 10. The van der Waals surface area contributed by atoms with E-state index in [0.717, 1.165) is 41.8 Å². The molecule has 3 aliphatic heterocycles. The second kappa shape index (κ2) is 10.7. The van der Waals surface area contributed by atoms with Crippen LogP contribution in [0.4, 0.5) is 4.79 Å². The Kier molecular flexibility index (Phi) is 7.40. The van der Waals surface area contributed by atoms with Gasteiger partial charge >= 0.3 is 6.09 Å². The van der Waals surface area contributed by atoms with Gasteiger partial charge in [0.1, 0.15) is 17.7 Å². The summed E-state index contributed by atoms with van der Waals surface area (Å²) in [6, 6.07) is 6.59. The molecule has 4 fully saturated rings. The van der Waals surface area contributed by atoms with Crippen LogP contribution in [0.1, 0.15) is 63.6 Å². The Hall–Kier alpha value is -2.89. The maximum absolute atomic E-state index is 13.8. The van der Waals surface area contributed by atoms with Crippen molar-refractivity contribution >= 4 is 30.0 Å². The smallest absolute Gasteiger partial charge is 0.408 e. The number of nitrogens with zero attached hydrogens (tertiary/aromatic N) is 4. The number of benzene rings is 1. The van der Waals surface area contributed by atoms with Crippen molar-refractivity contribution in [3.8, 4) is 6.07 Å². The first-order valence-corrected chi connectivity index (χ1v) is 14.9. The van der Waals surface area contributed by atoms with E-state index in [0.29, 0.717) is 25.3 Å². The highest BCUT2D eigenvalue weighted by atomic mass is 32.2. The van der Waals surface area contributed by atoms with Crippen molar-refractivity contribution in [1.82, 2.24) is 20.0 Å². The molecule has 5 aliphatic rings. The number of piperazine rings is 1. The van der Waals surface area contributed by atoms with Gasteiger partial charge in [0, 0.05) is 30.1 Å². The third-order valence-corrected chi connectivity index (χ3v) is 9.49. The molecule has 3 heterocycles. The van der Waals surface area contributed by atoms with Crippen LogP contribution in [0.3, 0.4) is 0 Å². The Labute approximate surface area is 243 Å². The monoisotopic (exact) mass is 584 g/mol. The van der Waals surface area contributed by atoms with E-state index in [1.54, 1.807) is 25.7 Å². The fourth-order valence-corrected chi connectivity index (χ4v) is 7.64. The Morgan fingerprint density at radius 3 is 2.76 bits per heavy atom. The quantitative estimate of drug-likeness (QED) is 0.264. The predicted molar refractivity (Wildman–Crippen MR) is 146 cm³/mol. The number of likely N-dealkylation sites (tertiary alicyclic amines) is 3. The van der Waals surface area contributed by atoms with Crippen LogP contribution in [-0.4, -0.2) is 81.5 Å². The summed E-state index contributed by atoms with van der Waals surface area (Å²) >= 11 is 1.04. The van der Waals surface area contributed by atoms with Gasteiger partial charge in [-0.15, -0.1) is 9.32 Å². The molecule has 41 heavy (non-hydrogen) atoms. The Morgan fingerprint density at radius 1 is 1.24 bits per heavy atom. The molecule has 220 valence electrons. The maximum Gasteiger partial charge on any atom is 0.408 e. The van der Waals surface area contributed by atoms with Crippen molar-refractivity contribution in [2.75, 3.05) is 13.1 Å². The van der Waals surface area contributed by atoms with Gasteiger partial charge < -0.3 is 19.9 Å². The number of carbonyl (C=O) groups excluding carboxylic acids is 3. The van der Waals surface area contributed by atoms with Gasteiger partial charge in [0.25, 0.3) is 0 Å². The first-order chi connectivity index (χ1) is 19.6. The van der Waals surface area contributed by atoms with Crippen LogP contribution in [0.2, 0.25) is 0 Å². The summed E-state index contributed by atoms with van der Waals surface area (Å²) < 4.78 is 10.2. The first kappa shape index (κ1) is 28.2. The second-order valence-corrected chi connectivity index (χ2v) is 13.4. The molecule has 0 spiro atoms. The lowest BCUT2D eigenvalue weighted by molar-refractivity contribution is -0.195. The van der Waals surface area contributed by atoms with E-state index >= 15 is 0 Å². The van der Waals surface area contributed by atoms with Crippen LogP contribution >= 0.6 is 12.0 Å². The van der Waals surface area contributed by atoms with Gasteiger partial charge in [0.2, 0.25) is 11.8 Å². The Balaban J connectivity index is 1.16. The zero-order valence-electron chi connectivity index (χ0n) is 23.4. The number of ether oxygens (including phenoxy) is 1. The molecule has 2 bridgehead atoms. The number of rotatable bonds is 8. The SMILES string of the molecule is CC(C)(C)OC(=O)N[C@@H](CN1C[C@@H]2C[C@H]1C(=O)N2[C@@H]1CCc2cc(SOON)ccc21)C(=O)N1[C@H](C#N)C[C@@H]2C[C@@H]21. The molecule has 0 unspecified atom stereocenters. The number of nitrogens with two attached hydrogens (primary N) is 1. The zero-order chi connectivity index (χ0) is 29.1. The molecule has 7 atom stereocenters. The number of hydrogen-bond donors (Lipinski definition) is 2. The van der Waals surface area contributed by atoms with E-state index in [1.165, 1.54) is 5.56 Å². The summed E-state index contributed by atoms with van der Waals surface area (Å²) in [7, 11) is 0. The van der Waals surface area contributed by atoms with Gasteiger partial charge in [-0.25, -0.2) is 4.79 Å². The molecule has 1 aromatic carbocycles. The van der Waals surface area contributed by atoms with Gasteiger partial charge in [0.15, 0.2) is 0 Å². The van der Waals surface area contributed by atoms with E-state index < -0.39 is 23.8 Å². The largest absolute Gasteiger partial charge is 0.444 e. The second-order valence-electron chi connectivity index (χ2n) is 12.7. The molecule has 3 saturated heterocycles. The number of nitrogens with one attached hydrogen (secondary N) is 1. The van der Waals surface area contributed by atoms with Gasteiger partial charge in [-0.1, -0.05) is 6.07 Å². The van der Waals surface area contributed by atoms with Crippen LogP contribution in [0, 0.1) is 17.2 Å². The Morgan fingerprint density at radius 2 is 2.05 bits per heavy atom. The van der Waals surface area contributed by atoms with Crippen LogP contribution in [-0.2, 0) is 30.1 Å². The van der Waals surface area contributed by atoms with Crippen LogP contribution in [0.5, 0.6) is 0 Å².